The van der Waals surface area contributed by atoms with Crippen LogP contribution in [-0.2, 0) is 14.3 Å². The molecule has 1 N–H and O–H groups in total. The van der Waals surface area contributed by atoms with Gasteiger partial charge < -0.3 is 14.8 Å². The molecule has 0 aliphatic heterocycles. The third-order valence-corrected chi connectivity index (χ3v) is 3.38. The Labute approximate surface area is 147 Å². The molecule has 2 aromatic carbocycles. The SMILES string of the molecule is C=C(C)C(=O)OCCNC(=O)OC(c1ccccc1)c1ccccc1. The highest BCUT2D eigenvalue weighted by Gasteiger charge is 2.18. The largest absolute Gasteiger partial charge is 0.460 e. The number of esters is 1. The first-order valence-electron chi connectivity index (χ1n) is 7.95. The molecule has 0 spiro atoms. The predicted molar refractivity (Wildman–Crippen MR) is 95.0 cm³/mol. The van der Waals surface area contributed by atoms with Crippen molar-refractivity contribution in [2.24, 2.45) is 0 Å². The van der Waals surface area contributed by atoms with Gasteiger partial charge >= 0.3 is 12.1 Å². The van der Waals surface area contributed by atoms with E-state index in [-0.39, 0.29) is 13.2 Å². The van der Waals surface area contributed by atoms with E-state index in [1.54, 1.807) is 6.92 Å². The zero-order chi connectivity index (χ0) is 18.1. The van der Waals surface area contributed by atoms with Crippen LogP contribution in [0.2, 0.25) is 0 Å². The molecule has 0 bridgehead atoms. The third kappa shape index (κ3) is 5.80. The van der Waals surface area contributed by atoms with Gasteiger partial charge in [-0.15, -0.1) is 0 Å². The Bertz CT molecular complexity index is 673. The van der Waals surface area contributed by atoms with E-state index < -0.39 is 18.2 Å². The van der Waals surface area contributed by atoms with Crippen LogP contribution in [0.15, 0.2) is 72.8 Å². The van der Waals surface area contributed by atoms with E-state index in [1.165, 1.54) is 0 Å². The topological polar surface area (TPSA) is 64.6 Å². The van der Waals surface area contributed by atoms with Crippen LogP contribution in [0.5, 0.6) is 0 Å². The number of amides is 1. The van der Waals surface area contributed by atoms with Gasteiger partial charge in [-0.2, -0.15) is 0 Å². The van der Waals surface area contributed by atoms with Crippen LogP contribution in [0.25, 0.3) is 0 Å². The average molecular weight is 339 g/mol. The number of hydrogen-bond donors (Lipinski definition) is 1. The molecule has 2 aromatic rings. The predicted octanol–water partition coefficient (Wildman–Crippen LogP) is 3.62. The van der Waals surface area contributed by atoms with Crippen LogP contribution < -0.4 is 5.32 Å². The average Bonchev–Trinajstić information content (AvgIpc) is 2.64. The number of carbonyl (C=O) groups is 2. The van der Waals surface area contributed by atoms with Crippen molar-refractivity contribution in [1.82, 2.24) is 5.32 Å². The maximum Gasteiger partial charge on any atom is 0.408 e. The molecule has 0 saturated carbocycles. The lowest BCUT2D eigenvalue weighted by molar-refractivity contribution is -0.138. The van der Waals surface area contributed by atoms with Crippen molar-refractivity contribution < 1.29 is 19.1 Å². The minimum absolute atomic E-state index is 0.0577. The van der Waals surface area contributed by atoms with Gasteiger partial charge in [0.15, 0.2) is 6.10 Å². The molecule has 0 aliphatic rings. The molecule has 2 rings (SSSR count). The van der Waals surface area contributed by atoms with E-state index in [2.05, 4.69) is 11.9 Å². The molecule has 0 aromatic heterocycles. The fraction of sp³-hybridized carbons (Fsp3) is 0.200. The van der Waals surface area contributed by atoms with Gasteiger partial charge in [0, 0.05) is 5.57 Å². The summed E-state index contributed by atoms with van der Waals surface area (Å²) in [6.45, 7) is 5.27. The zero-order valence-corrected chi connectivity index (χ0v) is 14.1. The van der Waals surface area contributed by atoms with Gasteiger partial charge in [-0.25, -0.2) is 9.59 Å². The fourth-order valence-electron chi connectivity index (χ4n) is 2.15. The van der Waals surface area contributed by atoms with E-state index in [4.69, 9.17) is 9.47 Å². The minimum atomic E-state index is -0.580. The van der Waals surface area contributed by atoms with Gasteiger partial charge in [0.05, 0.1) is 6.54 Å². The Hall–Kier alpha value is -3.08. The molecular weight excluding hydrogens is 318 g/mol. The molecule has 0 saturated heterocycles. The second-order valence-electron chi connectivity index (χ2n) is 5.45. The molecule has 25 heavy (non-hydrogen) atoms. The molecule has 130 valence electrons. The number of rotatable bonds is 7. The molecule has 5 heteroatoms. The molecule has 0 aliphatic carbocycles. The summed E-state index contributed by atoms with van der Waals surface area (Å²) in [6.07, 6.45) is -1.09. The first-order valence-corrected chi connectivity index (χ1v) is 7.95. The van der Waals surface area contributed by atoms with Gasteiger partial charge in [-0.1, -0.05) is 67.2 Å². The van der Waals surface area contributed by atoms with Gasteiger partial charge in [-0.3, -0.25) is 0 Å². The van der Waals surface area contributed by atoms with Crippen molar-refractivity contribution in [2.75, 3.05) is 13.2 Å². The fourth-order valence-corrected chi connectivity index (χ4v) is 2.15. The van der Waals surface area contributed by atoms with Crippen LogP contribution in [0.4, 0.5) is 4.79 Å². The zero-order valence-electron chi connectivity index (χ0n) is 14.1. The van der Waals surface area contributed by atoms with Crippen LogP contribution in [0.1, 0.15) is 24.2 Å². The van der Waals surface area contributed by atoms with Crippen LogP contribution in [0, 0.1) is 0 Å². The maximum absolute atomic E-state index is 12.1. The van der Waals surface area contributed by atoms with Crippen molar-refractivity contribution in [1.29, 1.82) is 0 Å². The Morgan fingerprint density at radius 3 is 2.00 bits per heavy atom. The molecule has 0 unspecified atom stereocenters. The second kappa shape index (κ2) is 9.27. The van der Waals surface area contributed by atoms with Crippen LogP contribution >= 0.6 is 0 Å². The van der Waals surface area contributed by atoms with E-state index >= 15 is 0 Å². The van der Waals surface area contributed by atoms with Gasteiger partial charge in [-0.05, 0) is 18.1 Å². The summed E-state index contributed by atoms with van der Waals surface area (Å²) in [5.74, 6) is -0.485. The smallest absolute Gasteiger partial charge is 0.408 e. The first-order chi connectivity index (χ1) is 12.1. The molecule has 0 radical (unpaired) electrons. The lowest BCUT2D eigenvalue weighted by Crippen LogP contribution is -2.30. The highest BCUT2D eigenvalue weighted by Crippen LogP contribution is 2.25. The summed E-state index contributed by atoms with van der Waals surface area (Å²) in [6, 6.07) is 19.0. The maximum atomic E-state index is 12.1. The number of alkyl carbamates (subject to hydrolysis) is 1. The second-order valence-corrected chi connectivity index (χ2v) is 5.45. The number of nitrogens with one attached hydrogen (secondary N) is 1. The van der Waals surface area contributed by atoms with Crippen molar-refractivity contribution in [3.63, 3.8) is 0 Å². The highest BCUT2D eigenvalue weighted by atomic mass is 16.6. The number of hydrogen-bond acceptors (Lipinski definition) is 4. The Kier molecular flexibility index (Phi) is 6.77. The summed E-state index contributed by atoms with van der Waals surface area (Å²) in [5.41, 5.74) is 2.06. The molecule has 0 atom stereocenters. The van der Waals surface area contributed by atoms with Crippen molar-refractivity contribution >= 4 is 12.1 Å². The summed E-state index contributed by atoms with van der Waals surface area (Å²) in [7, 11) is 0. The summed E-state index contributed by atoms with van der Waals surface area (Å²) in [4.78, 5) is 23.4. The first kappa shape index (κ1) is 18.3. The normalized spacial score (nSPS) is 10.2. The van der Waals surface area contributed by atoms with E-state index in [9.17, 15) is 9.59 Å². The number of carbonyl (C=O) groups excluding carboxylic acids is 2. The standard InChI is InChI=1S/C20H21NO4/c1-15(2)19(22)24-14-13-21-20(23)25-18(16-9-5-3-6-10-16)17-11-7-4-8-12-17/h3-12,18H,1,13-14H2,2H3,(H,21,23). The Morgan fingerprint density at radius 2 is 1.52 bits per heavy atom. The number of benzene rings is 2. The number of ether oxygens (including phenoxy) is 2. The quantitative estimate of drug-likeness (QED) is 0.475. The van der Waals surface area contributed by atoms with Crippen molar-refractivity contribution in [3.8, 4) is 0 Å². The molecule has 1 amide bonds. The van der Waals surface area contributed by atoms with E-state index in [1.807, 2.05) is 60.7 Å². The minimum Gasteiger partial charge on any atom is -0.460 e. The van der Waals surface area contributed by atoms with Crippen molar-refractivity contribution in [3.05, 3.63) is 83.9 Å². The van der Waals surface area contributed by atoms with Gasteiger partial charge in [0.2, 0.25) is 0 Å². The molecule has 5 nitrogen and oxygen atoms in total. The van der Waals surface area contributed by atoms with Crippen LogP contribution in [-0.4, -0.2) is 25.2 Å². The lowest BCUT2D eigenvalue weighted by atomic mass is 10.0. The highest BCUT2D eigenvalue weighted by molar-refractivity contribution is 5.86. The van der Waals surface area contributed by atoms with E-state index in [0.717, 1.165) is 11.1 Å². The molecule has 0 heterocycles. The van der Waals surface area contributed by atoms with E-state index in [0.29, 0.717) is 5.57 Å². The van der Waals surface area contributed by atoms with Gasteiger partial charge in [0.25, 0.3) is 0 Å². The monoisotopic (exact) mass is 339 g/mol. The summed E-state index contributed by atoms with van der Waals surface area (Å²) in [5, 5.41) is 2.58. The molecule has 0 fully saturated rings. The van der Waals surface area contributed by atoms with Crippen molar-refractivity contribution in [2.45, 2.75) is 13.0 Å². The molecular formula is C20H21NO4. The Balaban J connectivity index is 1.94. The lowest BCUT2D eigenvalue weighted by Gasteiger charge is -2.19. The van der Waals surface area contributed by atoms with Crippen LogP contribution in [0.3, 0.4) is 0 Å². The summed E-state index contributed by atoms with van der Waals surface area (Å²) < 4.78 is 10.5. The Morgan fingerprint density at radius 1 is 1.00 bits per heavy atom. The van der Waals surface area contributed by atoms with Gasteiger partial charge in [0.1, 0.15) is 6.61 Å². The third-order valence-electron chi connectivity index (χ3n) is 3.38. The summed E-state index contributed by atoms with van der Waals surface area (Å²) >= 11 is 0.